The average Bonchev–Trinajstić information content (AvgIpc) is 3.25. The summed E-state index contributed by atoms with van der Waals surface area (Å²) < 4.78 is 15.1. The third kappa shape index (κ3) is 3.27. The van der Waals surface area contributed by atoms with Gasteiger partial charge in [-0.05, 0) is 106 Å². The van der Waals surface area contributed by atoms with Gasteiger partial charge in [-0.1, -0.05) is 32.4 Å². The first-order valence-electron chi connectivity index (χ1n) is 13.4. The Morgan fingerprint density at radius 1 is 1.16 bits per heavy atom. The molecule has 4 fully saturated rings. The van der Waals surface area contributed by atoms with Crippen LogP contribution < -0.4 is 5.73 Å². The molecule has 0 bridgehead atoms. The van der Waals surface area contributed by atoms with E-state index < -0.39 is 11.0 Å². The summed E-state index contributed by atoms with van der Waals surface area (Å²) in [5.41, 5.74) is 8.91. The number of hydrogen-bond acceptors (Lipinski definition) is 3. The van der Waals surface area contributed by atoms with E-state index in [1.807, 2.05) is 7.05 Å². The van der Waals surface area contributed by atoms with Gasteiger partial charge >= 0.3 is 0 Å². The van der Waals surface area contributed by atoms with E-state index in [2.05, 4.69) is 50.0 Å². The van der Waals surface area contributed by atoms with Crippen LogP contribution in [0, 0.1) is 40.4 Å². The molecule has 0 amide bonds. The minimum atomic E-state index is -1.11. The minimum absolute atomic E-state index is 0.240. The maximum absolute atomic E-state index is 13.0. The summed E-state index contributed by atoms with van der Waals surface area (Å²) in [4.78, 5) is 2.67. The minimum Gasteiger partial charge on any atom is -0.316 e. The summed E-state index contributed by atoms with van der Waals surface area (Å²) >= 11 is 0. The van der Waals surface area contributed by atoms with E-state index in [-0.39, 0.29) is 11.3 Å². The highest BCUT2D eigenvalue weighted by molar-refractivity contribution is 7.83. The summed E-state index contributed by atoms with van der Waals surface area (Å²) in [6.07, 6.45) is 13.3. The lowest BCUT2D eigenvalue weighted by molar-refractivity contribution is -0.0418. The Hall–Kier alpha value is -0.230. The highest BCUT2D eigenvalue weighted by Gasteiger charge is 2.64. The van der Waals surface area contributed by atoms with Crippen LogP contribution in [0.15, 0.2) is 11.6 Å². The second kappa shape index (κ2) is 8.17. The zero-order valence-corrected chi connectivity index (χ0v) is 22.2. The molecule has 1 spiro atoms. The van der Waals surface area contributed by atoms with Crippen molar-refractivity contribution in [3.8, 4) is 0 Å². The molecule has 4 aliphatic carbocycles. The Bertz CT molecular complexity index is 798. The molecule has 0 aromatic heterocycles. The molecule has 5 heteroatoms. The van der Waals surface area contributed by atoms with Crippen molar-refractivity contribution < 1.29 is 4.21 Å². The number of likely N-dealkylation sites (tertiary alicyclic amines) is 1. The normalized spacial score (nSPS) is 48.1. The van der Waals surface area contributed by atoms with Crippen molar-refractivity contribution >= 4 is 11.0 Å². The molecule has 3 saturated carbocycles. The smallest absolute Gasteiger partial charge is 0.112 e. The Labute approximate surface area is 199 Å². The summed E-state index contributed by atoms with van der Waals surface area (Å²) in [6.45, 7) is 10.6. The van der Waals surface area contributed by atoms with E-state index in [9.17, 15) is 4.21 Å². The standard InChI is InChI=1S/C27H47N3OS/c1-17(2)25(28)32(31)30(6)20-11-13-26(4)19(15-20)7-8-21-23(26)12-14-27-16-29(5)18(3)22(27)9-10-24(21)27/h7,17-18,20-25H,8-16,28H2,1-6H3/t18-,20-,21+,22+,23?,24-,25-,26-,27-,32?/m0/s1. The van der Waals surface area contributed by atoms with Crippen LogP contribution in [0.3, 0.4) is 0 Å². The maximum Gasteiger partial charge on any atom is 0.112 e. The van der Waals surface area contributed by atoms with Crippen molar-refractivity contribution in [3.05, 3.63) is 11.6 Å². The van der Waals surface area contributed by atoms with Crippen molar-refractivity contribution in [3.63, 3.8) is 0 Å². The molecular weight excluding hydrogens is 414 g/mol. The van der Waals surface area contributed by atoms with Crippen LogP contribution in [-0.2, 0) is 11.0 Å². The number of fused-ring (bicyclic) bond motifs is 4. The molecule has 2 N–H and O–H groups in total. The second-order valence-electron chi connectivity index (χ2n) is 12.8. The van der Waals surface area contributed by atoms with Gasteiger partial charge in [0.15, 0.2) is 0 Å². The number of nitrogens with two attached hydrogens (primary N) is 1. The van der Waals surface area contributed by atoms with Crippen LogP contribution in [-0.4, -0.2) is 51.5 Å². The number of allylic oxidation sites excluding steroid dienone is 1. The van der Waals surface area contributed by atoms with Crippen LogP contribution in [0.4, 0.5) is 0 Å². The SMILES string of the molecule is CC(C)[C@@H](N)S(=O)N(C)[C@H]1CC[C@@]2(C)C(=CC[C@@H]3C2CC[C@]24CN(C)[C@@H](C)[C@H]2CC[C@@H]34)C1. The van der Waals surface area contributed by atoms with Crippen LogP contribution in [0.25, 0.3) is 0 Å². The summed E-state index contributed by atoms with van der Waals surface area (Å²) in [5, 5.41) is -0.269. The van der Waals surface area contributed by atoms with Gasteiger partial charge in [0, 0.05) is 25.7 Å². The fraction of sp³-hybridized carbons (Fsp3) is 0.926. The zero-order valence-electron chi connectivity index (χ0n) is 21.3. The Morgan fingerprint density at radius 2 is 1.88 bits per heavy atom. The maximum atomic E-state index is 13.0. The van der Waals surface area contributed by atoms with E-state index in [0.29, 0.717) is 16.9 Å². The number of nitrogens with zero attached hydrogens (tertiary/aromatic N) is 2. The molecule has 0 aromatic rings. The monoisotopic (exact) mass is 461 g/mol. The van der Waals surface area contributed by atoms with Crippen molar-refractivity contribution in [1.29, 1.82) is 0 Å². The quantitative estimate of drug-likeness (QED) is 0.613. The van der Waals surface area contributed by atoms with Crippen molar-refractivity contribution in [2.75, 3.05) is 20.6 Å². The van der Waals surface area contributed by atoms with E-state index in [1.165, 1.54) is 45.1 Å². The number of rotatable bonds is 4. The predicted molar refractivity (Wildman–Crippen MR) is 134 cm³/mol. The first-order valence-corrected chi connectivity index (χ1v) is 14.6. The van der Waals surface area contributed by atoms with Gasteiger partial charge < -0.3 is 10.6 Å². The predicted octanol–water partition coefficient (Wildman–Crippen LogP) is 4.78. The Balaban J connectivity index is 1.35. The molecule has 10 atom stereocenters. The Morgan fingerprint density at radius 3 is 2.59 bits per heavy atom. The third-order valence-electron chi connectivity index (χ3n) is 11.4. The van der Waals surface area contributed by atoms with Crippen molar-refractivity contribution in [1.82, 2.24) is 9.21 Å². The molecule has 0 aromatic carbocycles. The molecule has 2 unspecified atom stereocenters. The van der Waals surface area contributed by atoms with Gasteiger partial charge in [0.1, 0.15) is 11.0 Å². The zero-order chi connectivity index (χ0) is 23.0. The number of hydrogen-bond donors (Lipinski definition) is 1. The lowest BCUT2D eigenvalue weighted by atomic mass is 9.47. The molecule has 1 aliphatic heterocycles. The topological polar surface area (TPSA) is 49.6 Å². The van der Waals surface area contributed by atoms with E-state index in [0.717, 1.165) is 42.6 Å². The first-order chi connectivity index (χ1) is 15.1. The summed E-state index contributed by atoms with van der Waals surface area (Å²) in [6, 6.07) is 1.14. The highest BCUT2D eigenvalue weighted by atomic mass is 32.2. The van der Waals surface area contributed by atoms with Crippen LogP contribution in [0.5, 0.6) is 0 Å². The van der Waals surface area contributed by atoms with Gasteiger partial charge in [-0.2, -0.15) is 0 Å². The van der Waals surface area contributed by atoms with Crippen LogP contribution in [0.1, 0.15) is 79.1 Å². The van der Waals surface area contributed by atoms with Gasteiger partial charge in [-0.15, -0.1) is 0 Å². The van der Waals surface area contributed by atoms with Gasteiger partial charge in [0.2, 0.25) is 0 Å². The van der Waals surface area contributed by atoms with Crippen molar-refractivity contribution in [2.24, 2.45) is 46.2 Å². The van der Waals surface area contributed by atoms with E-state index >= 15 is 0 Å². The van der Waals surface area contributed by atoms with Gasteiger partial charge in [-0.25, -0.2) is 8.51 Å². The van der Waals surface area contributed by atoms with Gasteiger partial charge in [0.05, 0.1) is 5.37 Å². The fourth-order valence-electron chi connectivity index (χ4n) is 9.33. The molecule has 4 nitrogen and oxygen atoms in total. The van der Waals surface area contributed by atoms with E-state index in [1.54, 1.807) is 5.57 Å². The lowest BCUT2D eigenvalue weighted by Gasteiger charge is -2.58. The first kappa shape index (κ1) is 23.5. The van der Waals surface area contributed by atoms with Crippen LogP contribution >= 0.6 is 0 Å². The van der Waals surface area contributed by atoms with Crippen molar-refractivity contribution in [2.45, 2.75) is 96.5 Å². The fourth-order valence-corrected chi connectivity index (χ4v) is 10.6. The molecular formula is C27H47N3OS. The molecule has 1 heterocycles. The lowest BCUT2D eigenvalue weighted by Crippen LogP contribution is -2.53. The van der Waals surface area contributed by atoms with Crippen LogP contribution in [0.2, 0.25) is 0 Å². The third-order valence-corrected chi connectivity index (χ3v) is 13.2. The molecule has 0 radical (unpaired) electrons. The molecule has 182 valence electrons. The largest absolute Gasteiger partial charge is 0.316 e. The second-order valence-corrected chi connectivity index (χ2v) is 14.5. The molecule has 32 heavy (non-hydrogen) atoms. The summed E-state index contributed by atoms with van der Waals surface area (Å²) in [7, 11) is 3.30. The molecule has 5 aliphatic rings. The van der Waals surface area contributed by atoms with E-state index in [4.69, 9.17) is 5.73 Å². The highest BCUT2D eigenvalue weighted by Crippen LogP contribution is 2.68. The average molecular weight is 462 g/mol. The molecule has 1 saturated heterocycles. The Kier molecular flexibility index (Phi) is 6.00. The summed E-state index contributed by atoms with van der Waals surface area (Å²) in [5.74, 6) is 3.85. The van der Waals surface area contributed by atoms with Gasteiger partial charge in [0.25, 0.3) is 0 Å². The van der Waals surface area contributed by atoms with Gasteiger partial charge in [-0.3, -0.25) is 0 Å². The molecule has 5 rings (SSSR count).